The number of amides is 1. The SMILES string of the molecule is N#Cc1cccc(S(=O)(=O)N[C@@H]2CCC[C@@H](NC(=O)Cn3ccccc3=O)C2)c1. The number of nitrogens with one attached hydrogen (secondary N) is 2. The van der Waals surface area contributed by atoms with Gasteiger partial charge in [0.1, 0.15) is 6.54 Å². The molecule has 0 bridgehead atoms. The summed E-state index contributed by atoms with van der Waals surface area (Å²) in [5, 5.41) is 11.9. The number of sulfonamides is 1. The van der Waals surface area contributed by atoms with Crippen molar-refractivity contribution in [1.82, 2.24) is 14.6 Å². The van der Waals surface area contributed by atoms with Crippen molar-refractivity contribution in [2.24, 2.45) is 0 Å². The Morgan fingerprint density at radius 3 is 2.72 bits per heavy atom. The van der Waals surface area contributed by atoms with Crippen molar-refractivity contribution in [2.75, 3.05) is 0 Å². The number of benzene rings is 1. The second-order valence-corrected chi connectivity index (χ2v) is 8.77. The van der Waals surface area contributed by atoms with Crippen LogP contribution in [0.4, 0.5) is 0 Å². The molecular weight excluding hydrogens is 392 g/mol. The van der Waals surface area contributed by atoms with Crippen LogP contribution in [0.15, 0.2) is 58.4 Å². The second kappa shape index (κ2) is 9.03. The molecule has 0 unspecified atom stereocenters. The first-order chi connectivity index (χ1) is 13.9. The Labute approximate surface area is 169 Å². The molecule has 3 rings (SSSR count). The van der Waals surface area contributed by atoms with E-state index in [0.29, 0.717) is 12.8 Å². The molecule has 1 aromatic heterocycles. The first-order valence-corrected chi connectivity index (χ1v) is 10.8. The van der Waals surface area contributed by atoms with Gasteiger partial charge >= 0.3 is 0 Å². The number of aromatic nitrogens is 1. The molecule has 152 valence electrons. The fourth-order valence-electron chi connectivity index (χ4n) is 3.47. The summed E-state index contributed by atoms with van der Waals surface area (Å²) in [6.07, 6.45) is 4.20. The molecule has 0 spiro atoms. The van der Waals surface area contributed by atoms with Gasteiger partial charge in [-0.3, -0.25) is 9.59 Å². The Morgan fingerprint density at radius 1 is 1.17 bits per heavy atom. The predicted octanol–water partition coefficient (Wildman–Crippen LogP) is 1.13. The van der Waals surface area contributed by atoms with Gasteiger partial charge in [-0.25, -0.2) is 13.1 Å². The summed E-state index contributed by atoms with van der Waals surface area (Å²) in [5.41, 5.74) is 0.0225. The highest BCUT2D eigenvalue weighted by Crippen LogP contribution is 2.21. The summed E-state index contributed by atoms with van der Waals surface area (Å²) >= 11 is 0. The summed E-state index contributed by atoms with van der Waals surface area (Å²) < 4.78 is 29.3. The minimum Gasteiger partial charge on any atom is -0.352 e. The number of nitrogens with zero attached hydrogens (tertiary/aromatic N) is 2. The van der Waals surface area contributed by atoms with E-state index in [0.717, 1.165) is 12.8 Å². The van der Waals surface area contributed by atoms with Crippen molar-refractivity contribution in [3.63, 3.8) is 0 Å². The second-order valence-electron chi connectivity index (χ2n) is 7.06. The van der Waals surface area contributed by atoms with Crippen LogP contribution in [0.5, 0.6) is 0 Å². The van der Waals surface area contributed by atoms with Crippen molar-refractivity contribution < 1.29 is 13.2 Å². The minimum absolute atomic E-state index is 0.0474. The predicted molar refractivity (Wildman–Crippen MR) is 106 cm³/mol. The number of carbonyl (C=O) groups is 1. The highest BCUT2D eigenvalue weighted by molar-refractivity contribution is 7.89. The molecule has 0 radical (unpaired) electrons. The molecule has 1 amide bonds. The van der Waals surface area contributed by atoms with E-state index < -0.39 is 10.0 Å². The lowest BCUT2D eigenvalue weighted by molar-refractivity contribution is -0.122. The van der Waals surface area contributed by atoms with Crippen LogP contribution in [-0.4, -0.2) is 31.0 Å². The van der Waals surface area contributed by atoms with Gasteiger partial charge in [0, 0.05) is 24.3 Å². The quantitative estimate of drug-likeness (QED) is 0.734. The van der Waals surface area contributed by atoms with Crippen molar-refractivity contribution in [2.45, 2.75) is 49.2 Å². The van der Waals surface area contributed by atoms with E-state index >= 15 is 0 Å². The number of rotatable bonds is 6. The molecule has 1 saturated carbocycles. The number of nitriles is 1. The molecule has 1 fully saturated rings. The maximum absolute atomic E-state index is 12.6. The topological polar surface area (TPSA) is 121 Å². The third-order valence-corrected chi connectivity index (χ3v) is 6.37. The summed E-state index contributed by atoms with van der Waals surface area (Å²) in [6.45, 7) is -0.0759. The fraction of sp³-hybridized carbons (Fsp3) is 0.350. The number of hydrogen-bond acceptors (Lipinski definition) is 5. The molecule has 9 heteroatoms. The van der Waals surface area contributed by atoms with Gasteiger partial charge < -0.3 is 9.88 Å². The van der Waals surface area contributed by atoms with Gasteiger partial charge in [0.2, 0.25) is 15.9 Å². The van der Waals surface area contributed by atoms with E-state index in [1.165, 1.54) is 28.8 Å². The van der Waals surface area contributed by atoms with Crippen molar-refractivity contribution in [3.05, 3.63) is 64.6 Å². The summed E-state index contributed by atoms with van der Waals surface area (Å²) in [6, 6.07) is 12.0. The third kappa shape index (κ3) is 5.53. The van der Waals surface area contributed by atoms with Crippen LogP contribution < -0.4 is 15.6 Å². The molecule has 2 atom stereocenters. The lowest BCUT2D eigenvalue weighted by Crippen LogP contribution is -2.46. The van der Waals surface area contributed by atoms with E-state index in [4.69, 9.17) is 5.26 Å². The average Bonchev–Trinajstić information content (AvgIpc) is 2.69. The number of carbonyl (C=O) groups excluding carboxylic acids is 1. The highest BCUT2D eigenvalue weighted by Gasteiger charge is 2.27. The zero-order valence-electron chi connectivity index (χ0n) is 15.7. The Hall–Kier alpha value is -2.96. The maximum Gasteiger partial charge on any atom is 0.250 e. The number of hydrogen-bond donors (Lipinski definition) is 2. The normalized spacial score (nSPS) is 19.3. The monoisotopic (exact) mass is 414 g/mol. The Morgan fingerprint density at radius 2 is 1.97 bits per heavy atom. The van der Waals surface area contributed by atoms with E-state index in [9.17, 15) is 18.0 Å². The first kappa shape index (κ1) is 20.8. The van der Waals surface area contributed by atoms with Crippen LogP contribution in [-0.2, 0) is 21.4 Å². The summed E-state index contributed by atoms with van der Waals surface area (Å²) in [4.78, 5) is 24.0. The smallest absolute Gasteiger partial charge is 0.250 e. The lowest BCUT2D eigenvalue weighted by Gasteiger charge is -2.30. The van der Waals surface area contributed by atoms with E-state index in [-0.39, 0.29) is 40.6 Å². The molecule has 1 aliphatic carbocycles. The molecule has 1 aromatic carbocycles. The number of pyridine rings is 1. The minimum atomic E-state index is -3.76. The van der Waals surface area contributed by atoms with Gasteiger partial charge in [0.25, 0.3) is 5.56 Å². The zero-order chi connectivity index (χ0) is 20.9. The van der Waals surface area contributed by atoms with Crippen LogP contribution >= 0.6 is 0 Å². The Bertz CT molecular complexity index is 1090. The van der Waals surface area contributed by atoms with Crippen molar-refractivity contribution in [1.29, 1.82) is 5.26 Å². The fourth-order valence-corrected chi connectivity index (χ4v) is 4.80. The molecule has 2 N–H and O–H groups in total. The molecular formula is C20H22N4O4S. The summed E-state index contributed by atoms with van der Waals surface area (Å²) in [7, 11) is -3.76. The molecule has 8 nitrogen and oxygen atoms in total. The van der Waals surface area contributed by atoms with Crippen molar-refractivity contribution in [3.8, 4) is 6.07 Å². The van der Waals surface area contributed by atoms with Gasteiger partial charge in [0.05, 0.1) is 16.5 Å². The van der Waals surface area contributed by atoms with Gasteiger partial charge in [0.15, 0.2) is 0 Å². The maximum atomic E-state index is 12.6. The van der Waals surface area contributed by atoms with Crippen LogP contribution in [0.1, 0.15) is 31.2 Å². The largest absolute Gasteiger partial charge is 0.352 e. The van der Waals surface area contributed by atoms with Crippen LogP contribution in [0.3, 0.4) is 0 Å². The lowest BCUT2D eigenvalue weighted by atomic mass is 9.91. The van der Waals surface area contributed by atoms with Crippen LogP contribution in [0.25, 0.3) is 0 Å². The first-order valence-electron chi connectivity index (χ1n) is 9.35. The van der Waals surface area contributed by atoms with E-state index in [1.54, 1.807) is 24.4 Å². The third-order valence-electron chi connectivity index (χ3n) is 4.85. The summed E-state index contributed by atoms with van der Waals surface area (Å²) in [5.74, 6) is -0.284. The van der Waals surface area contributed by atoms with Crippen LogP contribution in [0.2, 0.25) is 0 Å². The van der Waals surface area contributed by atoms with Gasteiger partial charge in [-0.2, -0.15) is 5.26 Å². The van der Waals surface area contributed by atoms with Gasteiger partial charge in [-0.15, -0.1) is 0 Å². The Kier molecular flexibility index (Phi) is 6.46. The highest BCUT2D eigenvalue weighted by atomic mass is 32.2. The Balaban J connectivity index is 1.60. The molecule has 29 heavy (non-hydrogen) atoms. The van der Waals surface area contributed by atoms with E-state index in [1.807, 2.05) is 6.07 Å². The van der Waals surface area contributed by atoms with E-state index in [2.05, 4.69) is 10.0 Å². The molecule has 1 heterocycles. The molecule has 0 aliphatic heterocycles. The molecule has 2 aromatic rings. The zero-order valence-corrected chi connectivity index (χ0v) is 16.6. The van der Waals surface area contributed by atoms with Gasteiger partial charge in [-0.05, 0) is 49.9 Å². The van der Waals surface area contributed by atoms with Crippen molar-refractivity contribution >= 4 is 15.9 Å². The van der Waals surface area contributed by atoms with Gasteiger partial charge in [-0.1, -0.05) is 12.1 Å². The van der Waals surface area contributed by atoms with Crippen LogP contribution in [0, 0.1) is 11.3 Å². The molecule has 0 saturated heterocycles. The average molecular weight is 414 g/mol. The molecule has 1 aliphatic rings. The standard InChI is InChI=1S/C20H22N4O4S/c21-13-15-5-3-8-18(11-15)29(27,28)23-17-7-4-6-16(12-17)22-19(25)14-24-10-2-1-9-20(24)26/h1-3,5,8-11,16-17,23H,4,6-7,12,14H2,(H,22,25)/t16-,17-/m1/s1.